The van der Waals surface area contributed by atoms with Crippen molar-refractivity contribution in [2.75, 3.05) is 82.5 Å². The van der Waals surface area contributed by atoms with Gasteiger partial charge in [0.05, 0.1) is 48.1 Å². The molecule has 4 heterocycles. The molecule has 1 atom stereocenters. The molecule has 0 saturated carbocycles. The number of hydrogen-bond donors (Lipinski definition) is 3. The molecule has 0 radical (unpaired) electrons. The molecular formula is C43H45ClF2N8O9. The first-order chi connectivity index (χ1) is 30.5. The summed E-state index contributed by atoms with van der Waals surface area (Å²) in [5.74, 6) is -3.67. The Bertz CT molecular complexity index is 2430. The van der Waals surface area contributed by atoms with Crippen molar-refractivity contribution in [3.8, 4) is 16.9 Å². The predicted molar refractivity (Wildman–Crippen MR) is 225 cm³/mol. The van der Waals surface area contributed by atoms with Crippen LogP contribution < -0.4 is 25.6 Å². The van der Waals surface area contributed by atoms with Crippen molar-refractivity contribution >= 4 is 69.5 Å². The van der Waals surface area contributed by atoms with Gasteiger partial charge < -0.3 is 34.6 Å². The number of halogens is 3. The van der Waals surface area contributed by atoms with Gasteiger partial charge in [-0.15, -0.1) is 0 Å². The van der Waals surface area contributed by atoms with Gasteiger partial charge in [0.2, 0.25) is 23.6 Å². The summed E-state index contributed by atoms with van der Waals surface area (Å²) >= 11 is 6.66. The maximum absolute atomic E-state index is 16.3. The standard InChI is InChI=1S/C43H45ClF2N8O9/c1-2-34(57)52-14-16-53(17-15-52)40-26-23-27(44)36(38(46)39(26)49-24-50-40)37-28(45)6-4-8-31(37)63-22-21-62-20-19-61-18-11-32(55)48-13-12-47-29-7-3-5-25-35(29)43(60)54(42(25)59)30-9-10-33(56)51-41(30)58/h3-8,23-24,30,47H,2,9-22H2,1H3,(H,48,55)(H,51,56,58). The molecule has 3 aliphatic rings. The quantitative estimate of drug-likeness (QED) is 0.0966. The molecule has 2 saturated heterocycles. The van der Waals surface area contributed by atoms with Crippen molar-refractivity contribution in [2.24, 2.45) is 0 Å². The Morgan fingerprint density at radius 2 is 1.63 bits per heavy atom. The Balaban J connectivity index is 0.820. The zero-order valence-electron chi connectivity index (χ0n) is 34.3. The summed E-state index contributed by atoms with van der Waals surface area (Å²) < 4.78 is 48.6. The zero-order chi connectivity index (χ0) is 44.6. The Kier molecular flexibility index (Phi) is 14.4. The number of piperazine rings is 1. The Hall–Kier alpha value is -6.31. The number of amides is 6. The van der Waals surface area contributed by atoms with Crippen LogP contribution in [-0.2, 0) is 28.7 Å². The molecule has 332 valence electrons. The second kappa shape index (κ2) is 20.3. The topological polar surface area (TPSA) is 202 Å². The second-order valence-electron chi connectivity index (χ2n) is 14.8. The number of aromatic nitrogens is 2. The number of piperidine rings is 1. The van der Waals surface area contributed by atoms with Crippen LogP contribution in [0.3, 0.4) is 0 Å². The van der Waals surface area contributed by atoms with E-state index >= 15 is 8.78 Å². The molecule has 2 fully saturated rings. The highest BCUT2D eigenvalue weighted by Crippen LogP contribution is 2.42. The van der Waals surface area contributed by atoms with Gasteiger partial charge in [0.1, 0.15) is 41.9 Å². The molecule has 17 nitrogen and oxygen atoms in total. The van der Waals surface area contributed by atoms with Crippen LogP contribution in [0.2, 0.25) is 5.02 Å². The summed E-state index contributed by atoms with van der Waals surface area (Å²) in [6, 6.07) is 9.29. The van der Waals surface area contributed by atoms with Crippen LogP contribution in [0.25, 0.3) is 22.0 Å². The van der Waals surface area contributed by atoms with E-state index in [0.717, 1.165) is 4.90 Å². The highest BCUT2D eigenvalue weighted by atomic mass is 35.5. The summed E-state index contributed by atoms with van der Waals surface area (Å²) in [5.41, 5.74) is 0.239. The third kappa shape index (κ3) is 9.85. The van der Waals surface area contributed by atoms with E-state index in [2.05, 4.69) is 25.9 Å². The Morgan fingerprint density at radius 3 is 2.40 bits per heavy atom. The summed E-state index contributed by atoms with van der Waals surface area (Å²) in [5, 5.41) is 8.29. The van der Waals surface area contributed by atoms with Crippen molar-refractivity contribution in [1.29, 1.82) is 0 Å². The lowest BCUT2D eigenvalue weighted by molar-refractivity contribution is -0.136. The molecule has 20 heteroatoms. The van der Waals surface area contributed by atoms with E-state index in [-0.39, 0.29) is 116 Å². The van der Waals surface area contributed by atoms with Gasteiger partial charge in [0.15, 0.2) is 5.82 Å². The maximum atomic E-state index is 16.3. The number of imide groups is 2. The van der Waals surface area contributed by atoms with E-state index in [1.165, 1.54) is 36.7 Å². The van der Waals surface area contributed by atoms with Crippen LogP contribution in [0.15, 0.2) is 48.8 Å². The number of carbonyl (C=O) groups is 6. The second-order valence-corrected chi connectivity index (χ2v) is 15.2. The van der Waals surface area contributed by atoms with Crippen molar-refractivity contribution in [3.05, 3.63) is 76.6 Å². The van der Waals surface area contributed by atoms with Gasteiger partial charge in [0.25, 0.3) is 11.8 Å². The fourth-order valence-electron chi connectivity index (χ4n) is 7.70. The highest BCUT2D eigenvalue weighted by Gasteiger charge is 2.45. The number of rotatable bonds is 18. The SMILES string of the molecule is CCC(=O)N1CCN(c2ncnc3c(F)c(-c4c(F)cccc4OCCOCCOCCC(=O)NCCNc4cccc5c4C(=O)N(C4CCC(=O)NC4=O)C5=O)c(Cl)cc23)CC1. The molecule has 3 aliphatic heterocycles. The van der Waals surface area contributed by atoms with Gasteiger partial charge in [-0.25, -0.2) is 18.7 Å². The van der Waals surface area contributed by atoms with Gasteiger partial charge in [-0.2, -0.15) is 0 Å². The van der Waals surface area contributed by atoms with E-state index in [1.807, 2.05) is 11.8 Å². The Labute approximate surface area is 365 Å². The van der Waals surface area contributed by atoms with Crippen LogP contribution in [0.4, 0.5) is 20.3 Å². The third-order valence-corrected chi connectivity index (χ3v) is 11.1. The first kappa shape index (κ1) is 44.7. The summed E-state index contributed by atoms with van der Waals surface area (Å²) in [4.78, 5) is 88.0. The smallest absolute Gasteiger partial charge is 0.264 e. The average molecular weight is 891 g/mol. The van der Waals surface area contributed by atoms with Gasteiger partial charge in [-0.3, -0.25) is 39.0 Å². The summed E-state index contributed by atoms with van der Waals surface area (Å²) in [6.45, 7) is 4.77. The van der Waals surface area contributed by atoms with Crippen molar-refractivity contribution in [1.82, 2.24) is 30.4 Å². The van der Waals surface area contributed by atoms with Gasteiger partial charge in [-0.1, -0.05) is 30.7 Å². The molecule has 3 N–H and O–H groups in total. The fraction of sp³-hybridized carbons (Fsp3) is 0.395. The molecule has 7 rings (SSSR count). The number of benzene rings is 3. The van der Waals surface area contributed by atoms with E-state index in [1.54, 1.807) is 17.0 Å². The lowest BCUT2D eigenvalue weighted by atomic mass is 10.0. The molecule has 0 aliphatic carbocycles. The van der Waals surface area contributed by atoms with E-state index < -0.39 is 41.3 Å². The molecule has 6 amide bonds. The summed E-state index contributed by atoms with van der Waals surface area (Å²) in [7, 11) is 0. The predicted octanol–water partition coefficient (Wildman–Crippen LogP) is 3.72. The van der Waals surface area contributed by atoms with Gasteiger partial charge in [-0.05, 0) is 36.8 Å². The number of fused-ring (bicyclic) bond motifs is 2. The Morgan fingerprint density at radius 1 is 0.889 bits per heavy atom. The molecule has 0 bridgehead atoms. The lowest BCUT2D eigenvalue weighted by Gasteiger charge is -2.35. The van der Waals surface area contributed by atoms with E-state index in [0.29, 0.717) is 49.5 Å². The van der Waals surface area contributed by atoms with Crippen LogP contribution in [-0.4, -0.2) is 134 Å². The first-order valence-corrected chi connectivity index (χ1v) is 20.9. The average Bonchev–Trinajstić information content (AvgIpc) is 3.53. The summed E-state index contributed by atoms with van der Waals surface area (Å²) in [6.07, 6.45) is 1.79. The number of nitrogens with one attached hydrogen (secondary N) is 3. The lowest BCUT2D eigenvalue weighted by Crippen LogP contribution is -2.54. The van der Waals surface area contributed by atoms with E-state index in [9.17, 15) is 28.8 Å². The minimum Gasteiger partial charge on any atom is -0.490 e. The molecule has 1 aromatic heterocycles. The van der Waals surface area contributed by atoms with Crippen LogP contribution in [0.5, 0.6) is 5.75 Å². The minimum absolute atomic E-state index is 0.00705. The highest BCUT2D eigenvalue weighted by molar-refractivity contribution is 6.34. The zero-order valence-corrected chi connectivity index (χ0v) is 35.1. The van der Waals surface area contributed by atoms with Crippen molar-refractivity contribution < 1.29 is 51.8 Å². The van der Waals surface area contributed by atoms with E-state index in [4.69, 9.17) is 25.8 Å². The minimum atomic E-state index is -1.08. The first-order valence-electron chi connectivity index (χ1n) is 20.6. The number of ether oxygens (including phenoxy) is 3. The molecule has 0 spiro atoms. The molecule has 1 unspecified atom stereocenters. The van der Waals surface area contributed by atoms with Crippen LogP contribution in [0, 0.1) is 11.6 Å². The fourth-order valence-corrected chi connectivity index (χ4v) is 7.99. The largest absolute Gasteiger partial charge is 0.490 e. The van der Waals surface area contributed by atoms with Crippen LogP contribution >= 0.6 is 11.6 Å². The number of nitrogens with zero attached hydrogens (tertiary/aromatic N) is 5. The maximum Gasteiger partial charge on any atom is 0.264 e. The third-order valence-electron chi connectivity index (χ3n) is 10.8. The molecule has 63 heavy (non-hydrogen) atoms. The number of anilines is 2. The molecule has 4 aromatic rings. The van der Waals surface area contributed by atoms with Crippen molar-refractivity contribution in [2.45, 2.75) is 38.6 Å². The normalized spacial score (nSPS) is 16.4. The van der Waals surface area contributed by atoms with Crippen molar-refractivity contribution in [3.63, 3.8) is 0 Å². The number of carbonyl (C=O) groups excluding carboxylic acids is 6. The molecular weight excluding hydrogens is 846 g/mol. The monoisotopic (exact) mass is 890 g/mol. The number of hydrogen-bond acceptors (Lipinski definition) is 13. The van der Waals surface area contributed by atoms with Crippen LogP contribution in [0.1, 0.15) is 53.3 Å². The molecule has 3 aromatic carbocycles. The van der Waals surface area contributed by atoms with Gasteiger partial charge >= 0.3 is 0 Å². The van der Waals surface area contributed by atoms with Gasteiger partial charge in [0, 0.05) is 75.2 Å².